The lowest BCUT2D eigenvalue weighted by atomic mass is 9.99. The maximum Gasteiger partial charge on any atom is 0.420 e. The van der Waals surface area contributed by atoms with Gasteiger partial charge in [0.15, 0.2) is 0 Å². The number of anilines is 1. The smallest absolute Gasteiger partial charge is 0.420 e. The number of halogens is 4. The fourth-order valence-electron chi connectivity index (χ4n) is 6.37. The quantitative estimate of drug-likeness (QED) is 0.407. The summed E-state index contributed by atoms with van der Waals surface area (Å²) in [4.78, 5) is 47.3. The van der Waals surface area contributed by atoms with Gasteiger partial charge in [-0.2, -0.15) is 13.2 Å². The van der Waals surface area contributed by atoms with Gasteiger partial charge < -0.3 is 35.3 Å². The van der Waals surface area contributed by atoms with Gasteiger partial charge in [-0.1, -0.05) is 11.6 Å². The Balaban J connectivity index is 1.27. The maximum atomic E-state index is 13.8. The molecule has 1 aromatic heterocycles. The van der Waals surface area contributed by atoms with Crippen LogP contribution in [-0.4, -0.2) is 108 Å². The van der Waals surface area contributed by atoms with Gasteiger partial charge in [-0.15, -0.1) is 11.3 Å². The fraction of sp³-hybridized carbons (Fsp3) is 0.567. The summed E-state index contributed by atoms with van der Waals surface area (Å²) in [5.41, 5.74) is 0.699. The molecule has 15 heteroatoms. The predicted octanol–water partition coefficient (Wildman–Crippen LogP) is 4.85. The highest BCUT2D eigenvalue weighted by molar-refractivity contribution is 7.08. The van der Waals surface area contributed by atoms with Crippen LogP contribution in [0.3, 0.4) is 0 Å². The minimum atomic E-state index is -4.86. The number of rotatable bonds is 6. The maximum absolute atomic E-state index is 13.8. The molecule has 0 radical (unpaired) electrons. The average molecular weight is 671 g/mol. The molecular weight excluding hydrogens is 633 g/mol. The van der Waals surface area contributed by atoms with Crippen molar-refractivity contribution < 1.29 is 32.7 Å². The van der Waals surface area contributed by atoms with Crippen LogP contribution in [0.5, 0.6) is 5.75 Å². The summed E-state index contributed by atoms with van der Waals surface area (Å²) < 4.78 is 40.8. The third-order valence-corrected chi connectivity index (χ3v) is 10.1. The van der Waals surface area contributed by atoms with E-state index in [1.807, 2.05) is 29.8 Å². The van der Waals surface area contributed by atoms with Crippen molar-refractivity contribution in [2.24, 2.45) is 0 Å². The fourth-order valence-corrected chi connectivity index (χ4v) is 7.44. The van der Waals surface area contributed by atoms with Crippen molar-refractivity contribution in [1.29, 1.82) is 0 Å². The van der Waals surface area contributed by atoms with Crippen molar-refractivity contribution in [2.75, 3.05) is 52.1 Å². The first kappa shape index (κ1) is 33.1. The molecule has 2 saturated heterocycles. The molecule has 2 aromatic rings. The van der Waals surface area contributed by atoms with Gasteiger partial charge in [-0.25, -0.2) is 9.59 Å². The van der Waals surface area contributed by atoms with Crippen LogP contribution >= 0.6 is 22.9 Å². The lowest BCUT2D eigenvalue weighted by molar-refractivity contribution is -0.138. The van der Waals surface area contributed by atoms with E-state index in [1.165, 1.54) is 6.07 Å². The number of benzene rings is 1. The van der Waals surface area contributed by atoms with Crippen LogP contribution in [0, 0.1) is 0 Å². The van der Waals surface area contributed by atoms with Gasteiger partial charge >= 0.3 is 18.2 Å². The molecule has 2 fully saturated rings. The number of hydrogen-bond acceptors (Lipinski definition) is 6. The summed E-state index contributed by atoms with van der Waals surface area (Å²) >= 11 is 7.50. The Bertz CT molecular complexity index is 1410. The summed E-state index contributed by atoms with van der Waals surface area (Å²) in [6.45, 7) is 2.17. The molecule has 1 aromatic carbocycles. The number of nitrogens with one attached hydrogen (secondary N) is 2. The average Bonchev–Trinajstić information content (AvgIpc) is 3.37. The number of aromatic hydroxyl groups is 1. The molecule has 5 rings (SSSR count). The second kappa shape index (κ2) is 13.6. The molecule has 45 heavy (non-hydrogen) atoms. The third-order valence-electron chi connectivity index (χ3n) is 9.03. The molecular formula is C30H38ClF3N6O4S. The van der Waals surface area contributed by atoms with Crippen LogP contribution in [0.1, 0.15) is 42.4 Å². The number of nitrogens with zero attached hydrogens (tertiary/aromatic N) is 4. The minimum absolute atomic E-state index is 0.0583. The predicted molar refractivity (Wildman–Crippen MR) is 166 cm³/mol. The Morgan fingerprint density at radius 1 is 1.09 bits per heavy atom. The lowest BCUT2D eigenvalue weighted by Gasteiger charge is -2.39. The number of carbonyl (C=O) groups excluding carboxylic acids is 3. The molecule has 0 aliphatic carbocycles. The SMILES string of the molecule is CN(C)C1CCN(C(=O)[C@@H](Cc2cc(Cl)c(O)c(C(F)(F)F)c2)NC(=O)N2CCC(N3CCc4cscc4NC3=O)CC2)CC1. The topological polar surface area (TPSA) is 108 Å². The van der Waals surface area contributed by atoms with E-state index in [2.05, 4.69) is 15.5 Å². The number of piperidine rings is 2. The van der Waals surface area contributed by atoms with Gasteiger partial charge in [-0.3, -0.25) is 4.79 Å². The number of thiophene rings is 1. The second-order valence-corrected chi connectivity index (χ2v) is 13.3. The van der Waals surface area contributed by atoms with E-state index in [0.717, 1.165) is 36.6 Å². The number of carbonyl (C=O) groups is 3. The third kappa shape index (κ3) is 7.60. The summed E-state index contributed by atoms with van der Waals surface area (Å²) in [5, 5.41) is 19.2. The first-order valence-electron chi connectivity index (χ1n) is 15.0. The van der Waals surface area contributed by atoms with Crippen LogP contribution in [0.2, 0.25) is 5.02 Å². The molecule has 3 aliphatic heterocycles. The number of urea groups is 2. The first-order chi connectivity index (χ1) is 21.3. The number of fused-ring (bicyclic) bond motifs is 1. The zero-order valence-corrected chi connectivity index (χ0v) is 26.8. The van der Waals surface area contributed by atoms with Crippen molar-refractivity contribution in [1.82, 2.24) is 24.9 Å². The van der Waals surface area contributed by atoms with Crippen LogP contribution in [0.4, 0.5) is 28.4 Å². The Morgan fingerprint density at radius 2 is 1.76 bits per heavy atom. The Morgan fingerprint density at radius 3 is 2.40 bits per heavy atom. The molecule has 4 heterocycles. The van der Waals surface area contributed by atoms with E-state index in [-0.39, 0.29) is 30.0 Å². The first-order valence-corrected chi connectivity index (χ1v) is 16.4. The Hall–Kier alpha value is -3.23. The molecule has 0 unspecified atom stereocenters. The van der Waals surface area contributed by atoms with Crippen molar-refractivity contribution >= 4 is 46.6 Å². The van der Waals surface area contributed by atoms with Gasteiger partial charge in [-0.05, 0) is 74.8 Å². The van der Waals surface area contributed by atoms with E-state index in [9.17, 15) is 32.7 Å². The molecule has 0 bridgehead atoms. The Labute approximate surface area is 269 Å². The number of hydrogen-bond donors (Lipinski definition) is 3. The van der Waals surface area contributed by atoms with Crippen LogP contribution in [-0.2, 0) is 23.8 Å². The summed E-state index contributed by atoms with van der Waals surface area (Å²) in [5.74, 6) is -1.47. The number of amides is 5. The molecule has 3 N–H and O–H groups in total. The normalized spacial score (nSPS) is 19.3. The highest BCUT2D eigenvalue weighted by Gasteiger charge is 2.37. The highest BCUT2D eigenvalue weighted by atomic mass is 35.5. The van der Waals surface area contributed by atoms with E-state index in [0.29, 0.717) is 51.6 Å². The summed E-state index contributed by atoms with van der Waals surface area (Å²) in [6.07, 6.45) is -1.80. The van der Waals surface area contributed by atoms with Crippen molar-refractivity contribution in [2.45, 2.75) is 62.8 Å². The molecule has 1 atom stereocenters. The Kier molecular flexibility index (Phi) is 10.0. The van der Waals surface area contributed by atoms with Gasteiger partial charge in [0.05, 0.1) is 16.3 Å². The zero-order chi connectivity index (χ0) is 32.5. The second-order valence-electron chi connectivity index (χ2n) is 12.1. The summed E-state index contributed by atoms with van der Waals surface area (Å²) in [7, 11) is 3.94. The number of alkyl halides is 3. The molecule has 5 amide bonds. The zero-order valence-electron chi connectivity index (χ0n) is 25.2. The van der Waals surface area contributed by atoms with Crippen molar-refractivity contribution in [3.05, 3.63) is 44.6 Å². The molecule has 0 spiro atoms. The van der Waals surface area contributed by atoms with Gasteiger partial charge in [0.25, 0.3) is 0 Å². The van der Waals surface area contributed by atoms with Crippen molar-refractivity contribution in [3.63, 3.8) is 0 Å². The monoisotopic (exact) mass is 670 g/mol. The van der Waals surface area contributed by atoms with E-state index >= 15 is 0 Å². The molecule has 246 valence electrons. The van der Waals surface area contributed by atoms with Gasteiger partial charge in [0, 0.05) is 56.6 Å². The summed E-state index contributed by atoms with van der Waals surface area (Å²) in [6, 6.07) is 0.380. The number of phenolic OH excluding ortho intramolecular Hbond substituents is 1. The van der Waals surface area contributed by atoms with Gasteiger partial charge in [0.1, 0.15) is 11.8 Å². The lowest BCUT2D eigenvalue weighted by Crippen LogP contribution is -2.57. The van der Waals surface area contributed by atoms with Gasteiger partial charge in [0.2, 0.25) is 5.91 Å². The standard InChI is InChI=1S/C30H38ClF3N6O4S/c1-37(2)20-4-8-38(9-5-20)27(42)24(15-18-13-22(30(32,33)34)26(41)23(31)14-18)35-28(43)39-10-6-21(7-11-39)40-12-3-19-16-45-17-25(19)36-29(40)44/h13-14,16-17,20-21,24,41H,3-12,15H2,1-2H3,(H,35,43)(H,36,44)/t24-/m1/s1. The molecule has 10 nitrogen and oxygen atoms in total. The van der Waals surface area contributed by atoms with E-state index in [4.69, 9.17) is 11.6 Å². The van der Waals surface area contributed by atoms with Crippen LogP contribution in [0.15, 0.2) is 22.9 Å². The molecule has 3 aliphatic rings. The number of likely N-dealkylation sites (tertiary alicyclic amines) is 2. The largest absolute Gasteiger partial charge is 0.506 e. The minimum Gasteiger partial charge on any atom is -0.506 e. The number of phenols is 1. The van der Waals surface area contributed by atoms with E-state index < -0.39 is 34.6 Å². The van der Waals surface area contributed by atoms with E-state index in [1.54, 1.807) is 21.1 Å². The van der Waals surface area contributed by atoms with Crippen LogP contribution < -0.4 is 10.6 Å². The van der Waals surface area contributed by atoms with Crippen molar-refractivity contribution in [3.8, 4) is 5.75 Å². The highest BCUT2D eigenvalue weighted by Crippen LogP contribution is 2.40. The van der Waals surface area contributed by atoms with Crippen LogP contribution in [0.25, 0.3) is 0 Å². The molecule has 0 saturated carbocycles.